The highest BCUT2D eigenvalue weighted by Crippen LogP contribution is 2.26. The van der Waals surface area contributed by atoms with Gasteiger partial charge < -0.3 is 9.30 Å². The summed E-state index contributed by atoms with van der Waals surface area (Å²) in [7, 11) is 1.39. The van der Waals surface area contributed by atoms with Crippen molar-refractivity contribution in [2.24, 2.45) is 0 Å². The molecule has 1 aromatic carbocycles. The Morgan fingerprint density at radius 2 is 2.10 bits per heavy atom. The van der Waals surface area contributed by atoms with Gasteiger partial charge >= 0.3 is 5.97 Å². The van der Waals surface area contributed by atoms with Crippen LogP contribution in [0.4, 0.5) is 0 Å². The largest absolute Gasteiger partial charge is 0.469 e. The number of methoxy groups -OCH3 is 1. The van der Waals surface area contributed by atoms with Crippen LogP contribution in [0, 0.1) is 0 Å². The van der Waals surface area contributed by atoms with Crippen LogP contribution in [-0.2, 0) is 28.9 Å². The Balaban J connectivity index is 2.58. The van der Waals surface area contributed by atoms with Gasteiger partial charge in [0.15, 0.2) is 0 Å². The minimum Gasteiger partial charge on any atom is -0.469 e. The van der Waals surface area contributed by atoms with Crippen molar-refractivity contribution in [3.63, 3.8) is 0 Å². The van der Waals surface area contributed by atoms with Crippen molar-refractivity contribution >= 4 is 5.97 Å². The second-order valence-electron chi connectivity index (χ2n) is 4.70. The van der Waals surface area contributed by atoms with E-state index >= 15 is 0 Å². The number of benzene rings is 1. The molecule has 0 bridgehead atoms. The van der Waals surface area contributed by atoms with Crippen LogP contribution in [0.5, 0.6) is 0 Å². The topological polar surface area (TPSA) is 44.1 Å². The summed E-state index contributed by atoms with van der Waals surface area (Å²) in [6.07, 6.45) is 2.82. The molecule has 0 aliphatic heterocycles. The fourth-order valence-corrected chi connectivity index (χ4v) is 2.40. The smallest absolute Gasteiger partial charge is 0.311 e. The lowest BCUT2D eigenvalue weighted by molar-refractivity contribution is -0.139. The molecule has 0 saturated carbocycles. The average molecular weight is 284 g/mol. The predicted octanol–water partition coefficient (Wildman–Crippen LogP) is 3.01. The number of ether oxygens (including phenoxy) is 1. The van der Waals surface area contributed by atoms with E-state index in [2.05, 4.69) is 23.1 Å². The summed E-state index contributed by atoms with van der Waals surface area (Å²) in [4.78, 5) is 16.3. The first kappa shape index (κ1) is 15.0. The Kier molecular flexibility index (Phi) is 4.93. The van der Waals surface area contributed by atoms with Crippen molar-refractivity contribution in [3.8, 4) is 11.3 Å². The zero-order valence-corrected chi connectivity index (χ0v) is 12.5. The minimum atomic E-state index is -0.280. The lowest BCUT2D eigenvalue weighted by Crippen LogP contribution is -2.07. The van der Waals surface area contributed by atoms with Gasteiger partial charge in [-0.25, -0.2) is 4.98 Å². The molecule has 4 heteroatoms. The van der Waals surface area contributed by atoms with Crippen molar-refractivity contribution in [2.75, 3.05) is 7.11 Å². The summed E-state index contributed by atoms with van der Waals surface area (Å²) in [6.45, 7) is 6.53. The third-order valence-electron chi connectivity index (χ3n) is 3.33. The maximum Gasteiger partial charge on any atom is 0.311 e. The number of hydrogen-bond donors (Lipinski definition) is 0. The van der Waals surface area contributed by atoms with Gasteiger partial charge in [-0.3, -0.25) is 4.79 Å². The van der Waals surface area contributed by atoms with E-state index in [0.717, 1.165) is 29.2 Å². The number of carbonyl (C=O) groups is 1. The van der Waals surface area contributed by atoms with Gasteiger partial charge in [-0.2, -0.15) is 0 Å². The molecule has 4 nitrogen and oxygen atoms in total. The van der Waals surface area contributed by atoms with Gasteiger partial charge in [-0.05, 0) is 0 Å². The Morgan fingerprint density at radius 3 is 2.67 bits per heavy atom. The quantitative estimate of drug-likeness (QED) is 0.605. The molecule has 1 aromatic heterocycles. The Bertz CT molecular complexity index is 630. The second kappa shape index (κ2) is 6.88. The lowest BCUT2D eigenvalue weighted by atomic mass is 10.1. The Labute approximate surface area is 125 Å². The zero-order valence-electron chi connectivity index (χ0n) is 12.5. The number of hydrogen-bond acceptors (Lipinski definition) is 3. The highest BCUT2D eigenvalue weighted by atomic mass is 16.5. The van der Waals surface area contributed by atoms with E-state index in [1.54, 1.807) is 0 Å². The van der Waals surface area contributed by atoms with Crippen molar-refractivity contribution in [1.29, 1.82) is 0 Å². The molecule has 0 fully saturated rings. The third kappa shape index (κ3) is 3.21. The highest BCUT2D eigenvalue weighted by Gasteiger charge is 2.19. The van der Waals surface area contributed by atoms with Crippen LogP contribution in [0.2, 0.25) is 0 Å². The normalized spacial score (nSPS) is 10.4. The van der Waals surface area contributed by atoms with E-state index in [1.165, 1.54) is 7.11 Å². The van der Waals surface area contributed by atoms with Gasteiger partial charge in [0.2, 0.25) is 0 Å². The molecule has 0 unspecified atom stereocenters. The molecular weight excluding hydrogens is 264 g/mol. The molecule has 0 radical (unpaired) electrons. The Morgan fingerprint density at radius 1 is 1.38 bits per heavy atom. The minimum absolute atomic E-state index is 0.178. The SMILES string of the molecule is C=CCn1c(CC)nc(CC(=O)OC)c1-c1ccccc1. The van der Waals surface area contributed by atoms with Gasteiger partial charge in [0.05, 0.1) is 24.9 Å². The molecule has 0 atom stereocenters. The van der Waals surface area contributed by atoms with E-state index in [4.69, 9.17) is 4.74 Å². The van der Waals surface area contributed by atoms with Gasteiger partial charge in [0.1, 0.15) is 5.82 Å². The van der Waals surface area contributed by atoms with Crippen molar-refractivity contribution < 1.29 is 9.53 Å². The monoisotopic (exact) mass is 284 g/mol. The molecule has 2 rings (SSSR count). The van der Waals surface area contributed by atoms with Crippen LogP contribution in [0.3, 0.4) is 0 Å². The van der Waals surface area contributed by atoms with Gasteiger partial charge in [-0.1, -0.05) is 43.3 Å². The summed E-state index contributed by atoms with van der Waals surface area (Å²) < 4.78 is 6.89. The second-order valence-corrected chi connectivity index (χ2v) is 4.70. The summed E-state index contributed by atoms with van der Waals surface area (Å²) in [5.74, 6) is 0.672. The van der Waals surface area contributed by atoms with E-state index < -0.39 is 0 Å². The summed E-state index contributed by atoms with van der Waals surface area (Å²) in [6, 6.07) is 9.98. The molecule has 0 saturated heterocycles. The van der Waals surface area contributed by atoms with Gasteiger partial charge in [-0.15, -0.1) is 6.58 Å². The Hall–Kier alpha value is -2.36. The molecule has 110 valence electrons. The molecule has 0 N–H and O–H groups in total. The van der Waals surface area contributed by atoms with Crippen LogP contribution < -0.4 is 0 Å². The number of allylic oxidation sites excluding steroid dienone is 1. The summed E-state index contributed by atoms with van der Waals surface area (Å²) in [5, 5.41) is 0. The van der Waals surface area contributed by atoms with E-state index in [9.17, 15) is 4.79 Å². The number of nitrogens with zero attached hydrogens (tertiary/aromatic N) is 2. The number of aromatic nitrogens is 2. The molecule has 2 aromatic rings. The maximum atomic E-state index is 11.6. The first-order chi connectivity index (χ1) is 10.2. The van der Waals surface area contributed by atoms with Crippen molar-refractivity contribution in [2.45, 2.75) is 26.3 Å². The first-order valence-corrected chi connectivity index (χ1v) is 7.02. The number of imidazole rings is 1. The molecular formula is C17H20N2O2. The van der Waals surface area contributed by atoms with Gasteiger partial charge in [0.25, 0.3) is 0 Å². The molecule has 0 aliphatic rings. The number of carbonyl (C=O) groups excluding carboxylic acids is 1. The van der Waals surface area contributed by atoms with E-state index in [0.29, 0.717) is 6.54 Å². The number of esters is 1. The van der Waals surface area contributed by atoms with E-state index in [1.807, 2.05) is 36.4 Å². The van der Waals surface area contributed by atoms with Crippen molar-refractivity contribution in [3.05, 3.63) is 54.5 Å². The molecule has 0 spiro atoms. The number of rotatable bonds is 6. The summed E-state index contributed by atoms with van der Waals surface area (Å²) in [5.41, 5.74) is 2.77. The summed E-state index contributed by atoms with van der Waals surface area (Å²) >= 11 is 0. The average Bonchev–Trinajstić information content (AvgIpc) is 2.85. The van der Waals surface area contributed by atoms with Crippen LogP contribution in [0.25, 0.3) is 11.3 Å². The van der Waals surface area contributed by atoms with Crippen molar-refractivity contribution in [1.82, 2.24) is 9.55 Å². The standard InChI is InChI=1S/C17H20N2O2/c1-4-11-19-15(5-2)18-14(12-16(20)21-3)17(19)13-9-7-6-8-10-13/h4,6-10H,1,5,11-12H2,2-3H3. The van der Waals surface area contributed by atoms with Crippen LogP contribution in [0.15, 0.2) is 43.0 Å². The van der Waals surface area contributed by atoms with Crippen LogP contribution in [0.1, 0.15) is 18.4 Å². The highest BCUT2D eigenvalue weighted by molar-refractivity contribution is 5.76. The van der Waals surface area contributed by atoms with Crippen LogP contribution in [-0.4, -0.2) is 22.6 Å². The fourth-order valence-electron chi connectivity index (χ4n) is 2.40. The zero-order chi connectivity index (χ0) is 15.2. The van der Waals surface area contributed by atoms with Gasteiger partial charge in [0, 0.05) is 18.5 Å². The number of aryl methyl sites for hydroxylation is 1. The van der Waals surface area contributed by atoms with E-state index in [-0.39, 0.29) is 12.4 Å². The molecule has 1 heterocycles. The van der Waals surface area contributed by atoms with Crippen LogP contribution >= 0.6 is 0 Å². The lowest BCUT2D eigenvalue weighted by Gasteiger charge is -2.10. The third-order valence-corrected chi connectivity index (χ3v) is 3.33. The molecule has 0 amide bonds. The molecule has 21 heavy (non-hydrogen) atoms. The molecule has 0 aliphatic carbocycles. The predicted molar refractivity (Wildman–Crippen MR) is 83.0 cm³/mol. The maximum absolute atomic E-state index is 11.6. The fraction of sp³-hybridized carbons (Fsp3) is 0.294. The first-order valence-electron chi connectivity index (χ1n) is 7.02.